The van der Waals surface area contributed by atoms with E-state index in [9.17, 15) is 4.79 Å². The van der Waals surface area contributed by atoms with Crippen LogP contribution < -0.4 is 0 Å². The molecule has 0 aliphatic heterocycles. The van der Waals surface area contributed by atoms with E-state index in [1.807, 2.05) is 11.8 Å². The van der Waals surface area contributed by atoms with Crippen LogP contribution in [0.3, 0.4) is 0 Å². The van der Waals surface area contributed by atoms with Gasteiger partial charge in [-0.1, -0.05) is 12.8 Å². The lowest BCUT2D eigenvalue weighted by Crippen LogP contribution is -2.13. The van der Waals surface area contributed by atoms with Crippen molar-refractivity contribution in [3.8, 4) is 0 Å². The Balaban J connectivity index is 1.97. The minimum Gasteiger partial charge on any atom is -0.469 e. The van der Waals surface area contributed by atoms with Crippen molar-refractivity contribution < 1.29 is 14.6 Å². The second kappa shape index (κ2) is 7.98. The number of unbranched alkanes of at least 4 members (excludes halogenated alkanes) is 3. The van der Waals surface area contributed by atoms with Crippen molar-refractivity contribution in [3.63, 3.8) is 0 Å². The maximum absolute atomic E-state index is 11.2. The third-order valence-corrected chi connectivity index (χ3v) is 4.70. The number of ether oxygens (including phenoxy) is 1. The number of carbonyl (C=O) groups is 1. The molecule has 0 amide bonds. The minimum atomic E-state index is -0.0638. The smallest absolute Gasteiger partial charge is 0.306 e. The van der Waals surface area contributed by atoms with Gasteiger partial charge in [0, 0.05) is 6.61 Å². The standard InChI is InChI=1S/C13H24O3S/c1-16-12(15)10-13(6-7-13)11-17-9-5-3-2-4-8-14/h14H,2-11H2,1H3. The van der Waals surface area contributed by atoms with Gasteiger partial charge in [-0.25, -0.2) is 0 Å². The van der Waals surface area contributed by atoms with Crippen molar-refractivity contribution in [2.75, 3.05) is 25.2 Å². The topological polar surface area (TPSA) is 46.5 Å². The number of esters is 1. The van der Waals surface area contributed by atoms with E-state index in [2.05, 4.69) is 0 Å². The van der Waals surface area contributed by atoms with Gasteiger partial charge in [0.1, 0.15) is 0 Å². The zero-order chi connectivity index (χ0) is 12.6. The number of aliphatic hydroxyl groups excluding tert-OH is 1. The molecule has 0 unspecified atom stereocenters. The Labute approximate surface area is 108 Å². The Morgan fingerprint density at radius 2 is 2.00 bits per heavy atom. The Kier molecular flexibility index (Phi) is 6.97. The maximum atomic E-state index is 11.2. The van der Waals surface area contributed by atoms with E-state index in [1.54, 1.807) is 0 Å². The first kappa shape index (κ1) is 14.8. The molecule has 0 atom stereocenters. The van der Waals surface area contributed by atoms with Gasteiger partial charge in [-0.05, 0) is 42.6 Å². The van der Waals surface area contributed by atoms with Gasteiger partial charge in [-0.15, -0.1) is 0 Å². The molecule has 1 fully saturated rings. The summed E-state index contributed by atoms with van der Waals surface area (Å²) in [4.78, 5) is 11.2. The number of rotatable bonds is 10. The SMILES string of the molecule is COC(=O)CC1(CSCCCCCCO)CC1. The fraction of sp³-hybridized carbons (Fsp3) is 0.923. The second-order valence-corrected chi connectivity index (χ2v) is 6.05. The van der Waals surface area contributed by atoms with E-state index >= 15 is 0 Å². The van der Waals surface area contributed by atoms with Crippen LogP contribution in [0.25, 0.3) is 0 Å². The second-order valence-electron chi connectivity index (χ2n) is 4.94. The third-order valence-electron chi connectivity index (χ3n) is 3.31. The predicted octanol–water partition coefficient (Wildman–Crippen LogP) is 2.62. The summed E-state index contributed by atoms with van der Waals surface area (Å²) in [5.74, 6) is 2.21. The highest BCUT2D eigenvalue weighted by Gasteiger charge is 2.44. The molecule has 0 aromatic rings. The molecule has 0 aromatic heterocycles. The molecule has 1 saturated carbocycles. The van der Waals surface area contributed by atoms with Crippen molar-refractivity contribution in [1.82, 2.24) is 0 Å². The van der Waals surface area contributed by atoms with Crippen molar-refractivity contribution in [2.24, 2.45) is 5.41 Å². The van der Waals surface area contributed by atoms with Crippen LogP contribution in [0.5, 0.6) is 0 Å². The maximum Gasteiger partial charge on any atom is 0.306 e. The number of carbonyl (C=O) groups excluding carboxylic acids is 1. The number of methoxy groups -OCH3 is 1. The lowest BCUT2D eigenvalue weighted by atomic mass is 10.1. The number of thioether (sulfide) groups is 1. The van der Waals surface area contributed by atoms with Gasteiger partial charge in [0.25, 0.3) is 0 Å². The Morgan fingerprint density at radius 3 is 2.59 bits per heavy atom. The van der Waals surface area contributed by atoms with Crippen LogP contribution in [0.2, 0.25) is 0 Å². The molecule has 0 heterocycles. The van der Waals surface area contributed by atoms with Crippen molar-refractivity contribution in [1.29, 1.82) is 0 Å². The summed E-state index contributed by atoms with van der Waals surface area (Å²) in [6.07, 6.45) is 7.44. The average molecular weight is 260 g/mol. The summed E-state index contributed by atoms with van der Waals surface area (Å²) >= 11 is 1.96. The van der Waals surface area contributed by atoms with Crippen molar-refractivity contribution in [2.45, 2.75) is 44.9 Å². The van der Waals surface area contributed by atoms with E-state index in [1.165, 1.54) is 38.5 Å². The normalized spacial score (nSPS) is 16.8. The van der Waals surface area contributed by atoms with Gasteiger partial charge in [0.2, 0.25) is 0 Å². The van der Waals surface area contributed by atoms with E-state index in [-0.39, 0.29) is 11.4 Å². The summed E-state index contributed by atoms with van der Waals surface area (Å²) in [6.45, 7) is 0.315. The van der Waals surface area contributed by atoms with Crippen LogP contribution in [0.15, 0.2) is 0 Å². The Morgan fingerprint density at radius 1 is 1.29 bits per heavy atom. The quantitative estimate of drug-likeness (QED) is 0.484. The lowest BCUT2D eigenvalue weighted by molar-refractivity contribution is -0.141. The average Bonchev–Trinajstić information content (AvgIpc) is 3.08. The predicted molar refractivity (Wildman–Crippen MR) is 71.2 cm³/mol. The molecule has 1 aliphatic rings. The number of hydrogen-bond acceptors (Lipinski definition) is 4. The summed E-state index contributed by atoms with van der Waals surface area (Å²) in [7, 11) is 1.46. The van der Waals surface area contributed by atoms with Gasteiger partial charge in [-0.3, -0.25) is 4.79 Å². The highest BCUT2D eigenvalue weighted by atomic mass is 32.2. The molecule has 100 valence electrons. The zero-order valence-corrected chi connectivity index (χ0v) is 11.6. The van der Waals surface area contributed by atoms with Gasteiger partial charge in [-0.2, -0.15) is 11.8 Å². The molecule has 1 aliphatic carbocycles. The van der Waals surface area contributed by atoms with Gasteiger partial charge >= 0.3 is 5.97 Å². The molecule has 1 N–H and O–H groups in total. The summed E-state index contributed by atoms with van der Waals surface area (Å²) < 4.78 is 4.73. The third kappa shape index (κ3) is 6.32. The van der Waals surface area contributed by atoms with Gasteiger partial charge in [0.05, 0.1) is 13.5 Å². The molecule has 0 aromatic carbocycles. The van der Waals surface area contributed by atoms with Crippen LogP contribution in [-0.4, -0.2) is 36.3 Å². The van der Waals surface area contributed by atoms with Crippen LogP contribution in [0, 0.1) is 5.41 Å². The number of hydrogen-bond donors (Lipinski definition) is 1. The van der Waals surface area contributed by atoms with Crippen LogP contribution in [-0.2, 0) is 9.53 Å². The highest BCUT2D eigenvalue weighted by molar-refractivity contribution is 7.99. The monoisotopic (exact) mass is 260 g/mol. The van der Waals surface area contributed by atoms with Crippen molar-refractivity contribution >= 4 is 17.7 Å². The summed E-state index contributed by atoms with van der Waals surface area (Å²) in [5, 5.41) is 8.64. The van der Waals surface area contributed by atoms with E-state index in [4.69, 9.17) is 9.84 Å². The molecule has 0 saturated heterocycles. The van der Waals surface area contributed by atoms with Gasteiger partial charge < -0.3 is 9.84 Å². The van der Waals surface area contributed by atoms with Crippen LogP contribution in [0.1, 0.15) is 44.9 Å². The summed E-state index contributed by atoms with van der Waals surface area (Å²) in [6, 6.07) is 0. The largest absolute Gasteiger partial charge is 0.469 e. The molecule has 4 heteroatoms. The molecular weight excluding hydrogens is 236 g/mol. The lowest BCUT2D eigenvalue weighted by Gasteiger charge is -2.12. The van der Waals surface area contributed by atoms with Gasteiger partial charge in [0.15, 0.2) is 0 Å². The fourth-order valence-corrected chi connectivity index (χ4v) is 3.26. The fourth-order valence-electron chi connectivity index (χ4n) is 1.89. The molecule has 0 radical (unpaired) electrons. The molecule has 1 rings (SSSR count). The number of aliphatic hydroxyl groups is 1. The molecule has 0 bridgehead atoms. The first-order chi connectivity index (χ1) is 8.22. The first-order valence-electron chi connectivity index (χ1n) is 6.48. The highest BCUT2D eigenvalue weighted by Crippen LogP contribution is 2.51. The first-order valence-corrected chi connectivity index (χ1v) is 7.63. The van der Waals surface area contributed by atoms with E-state index in [0.29, 0.717) is 13.0 Å². The molecule has 0 spiro atoms. The Hall–Kier alpha value is -0.220. The van der Waals surface area contributed by atoms with Crippen LogP contribution in [0.4, 0.5) is 0 Å². The minimum absolute atomic E-state index is 0.0638. The molecular formula is C13H24O3S. The molecule has 3 nitrogen and oxygen atoms in total. The van der Waals surface area contributed by atoms with Crippen LogP contribution >= 0.6 is 11.8 Å². The van der Waals surface area contributed by atoms with E-state index < -0.39 is 0 Å². The Bertz CT molecular complexity index is 227. The molecule has 17 heavy (non-hydrogen) atoms. The zero-order valence-electron chi connectivity index (χ0n) is 10.7. The van der Waals surface area contributed by atoms with Crippen molar-refractivity contribution in [3.05, 3.63) is 0 Å². The van der Waals surface area contributed by atoms with E-state index in [0.717, 1.165) is 18.6 Å². The summed E-state index contributed by atoms with van der Waals surface area (Å²) in [5.41, 5.74) is 0.267.